The van der Waals surface area contributed by atoms with E-state index in [0.29, 0.717) is 19.3 Å². The Balaban J connectivity index is 4.32. The molecule has 6 nitrogen and oxygen atoms in total. The number of carbonyl (C=O) groups is 3. The largest absolute Gasteiger partial charge is 0.462 e. The van der Waals surface area contributed by atoms with Gasteiger partial charge in [-0.15, -0.1) is 0 Å². The van der Waals surface area contributed by atoms with Crippen LogP contribution >= 0.6 is 0 Å². The van der Waals surface area contributed by atoms with Crippen LogP contribution < -0.4 is 0 Å². The zero-order chi connectivity index (χ0) is 49.3. The van der Waals surface area contributed by atoms with Gasteiger partial charge >= 0.3 is 17.9 Å². The lowest BCUT2D eigenvalue weighted by Gasteiger charge is -2.18. The summed E-state index contributed by atoms with van der Waals surface area (Å²) in [4.78, 5) is 38.1. The number of rotatable bonds is 51. The SMILES string of the molecule is CC/C=C\C/C=C\C/C=C\CCCCCCCCCC(=O)OC(COC(=O)CCCCCCC/C=C\CCC)COC(=O)CCCCCCCCCC/C=C\C/C=C\C/C=C\CCCCCCC. The number of esters is 3. The Kier molecular flexibility index (Phi) is 53.4. The molecular formula is C62H106O6. The standard InChI is InChI=1S/C62H106O6/c1-4-7-10-13-16-19-22-24-26-28-29-30-31-32-33-35-36-38-40-43-46-49-52-55-61(64)67-58-59(57-66-60(63)54-51-48-45-42-21-18-15-12-9-6-3)68-62(65)56-53-50-47-44-41-39-37-34-27-25-23-20-17-14-11-8-5-2/h8,11-12,15,17,20,22,24-25,27-29,31-32,59H,4-7,9-10,13-14,16,18-19,21,23,26,30,33-58H2,1-3H3/b11-8-,15-12-,20-17-,24-22-,27-25-,29-28-,32-31-. The molecule has 0 N–H and O–H groups in total. The van der Waals surface area contributed by atoms with E-state index in [1.807, 2.05) is 0 Å². The van der Waals surface area contributed by atoms with Crippen LogP contribution in [0, 0.1) is 0 Å². The van der Waals surface area contributed by atoms with E-state index < -0.39 is 6.10 Å². The minimum Gasteiger partial charge on any atom is -0.462 e. The molecule has 0 aliphatic rings. The summed E-state index contributed by atoms with van der Waals surface area (Å²) >= 11 is 0. The van der Waals surface area contributed by atoms with Crippen molar-refractivity contribution < 1.29 is 28.6 Å². The predicted molar refractivity (Wildman–Crippen MR) is 293 cm³/mol. The maximum Gasteiger partial charge on any atom is 0.306 e. The van der Waals surface area contributed by atoms with Crippen molar-refractivity contribution in [3.8, 4) is 0 Å². The summed E-state index contributed by atoms with van der Waals surface area (Å²) in [6.07, 6.45) is 72.9. The van der Waals surface area contributed by atoms with Gasteiger partial charge in [-0.25, -0.2) is 0 Å². The highest BCUT2D eigenvalue weighted by Gasteiger charge is 2.19. The highest BCUT2D eigenvalue weighted by atomic mass is 16.6. The number of allylic oxidation sites excluding steroid dienone is 14. The summed E-state index contributed by atoms with van der Waals surface area (Å²) in [5, 5.41) is 0. The fourth-order valence-electron chi connectivity index (χ4n) is 7.82. The Bertz CT molecular complexity index is 1320. The summed E-state index contributed by atoms with van der Waals surface area (Å²) in [5.74, 6) is -0.912. The van der Waals surface area contributed by atoms with Crippen LogP contribution in [0.3, 0.4) is 0 Å². The quantitative estimate of drug-likeness (QED) is 0.0262. The van der Waals surface area contributed by atoms with E-state index in [1.54, 1.807) is 0 Å². The second kappa shape index (κ2) is 56.2. The molecule has 0 aromatic rings. The fraction of sp³-hybridized carbons (Fsp3) is 0.726. The number of hydrogen-bond acceptors (Lipinski definition) is 6. The van der Waals surface area contributed by atoms with Gasteiger partial charge in [0.1, 0.15) is 13.2 Å². The zero-order valence-corrected chi connectivity index (χ0v) is 44.6. The molecule has 0 heterocycles. The lowest BCUT2D eigenvalue weighted by atomic mass is 10.1. The molecule has 0 bridgehead atoms. The topological polar surface area (TPSA) is 78.9 Å². The lowest BCUT2D eigenvalue weighted by Crippen LogP contribution is -2.30. The van der Waals surface area contributed by atoms with E-state index in [0.717, 1.165) is 116 Å². The predicted octanol–water partition coefficient (Wildman–Crippen LogP) is 19.2. The van der Waals surface area contributed by atoms with Crippen molar-refractivity contribution in [1.29, 1.82) is 0 Å². The van der Waals surface area contributed by atoms with Crippen molar-refractivity contribution in [2.24, 2.45) is 0 Å². The Labute approximate surface area is 420 Å². The average molecular weight is 948 g/mol. The third kappa shape index (κ3) is 53.5. The molecule has 6 heteroatoms. The summed E-state index contributed by atoms with van der Waals surface area (Å²) < 4.78 is 16.8. The highest BCUT2D eigenvalue weighted by Crippen LogP contribution is 2.15. The molecule has 390 valence electrons. The van der Waals surface area contributed by atoms with E-state index >= 15 is 0 Å². The van der Waals surface area contributed by atoms with Gasteiger partial charge in [-0.05, 0) is 109 Å². The first kappa shape index (κ1) is 64.6. The second-order valence-corrected chi connectivity index (χ2v) is 18.8. The molecule has 0 radical (unpaired) electrons. The van der Waals surface area contributed by atoms with Gasteiger partial charge in [0.05, 0.1) is 0 Å². The third-order valence-electron chi connectivity index (χ3n) is 12.1. The van der Waals surface area contributed by atoms with Crippen LogP contribution in [0.4, 0.5) is 0 Å². The molecule has 0 saturated heterocycles. The minimum absolute atomic E-state index is 0.0874. The van der Waals surface area contributed by atoms with Crippen molar-refractivity contribution in [3.63, 3.8) is 0 Å². The monoisotopic (exact) mass is 947 g/mol. The first-order chi connectivity index (χ1) is 33.5. The minimum atomic E-state index is -0.788. The van der Waals surface area contributed by atoms with E-state index in [9.17, 15) is 14.4 Å². The van der Waals surface area contributed by atoms with E-state index in [2.05, 4.69) is 106 Å². The number of ether oxygens (including phenoxy) is 3. The first-order valence-corrected chi connectivity index (χ1v) is 28.6. The maximum absolute atomic E-state index is 12.8. The van der Waals surface area contributed by atoms with Gasteiger partial charge in [0.15, 0.2) is 6.10 Å². The van der Waals surface area contributed by atoms with E-state index in [4.69, 9.17) is 14.2 Å². The molecule has 0 fully saturated rings. The molecule has 0 aliphatic heterocycles. The highest BCUT2D eigenvalue weighted by molar-refractivity contribution is 5.71. The Morgan fingerprint density at radius 3 is 0.971 bits per heavy atom. The van der Waals surface area contributed by atoms with Gasteiger partial charge in [0, 0.05) is 19.3 Å². The fourth-order valence-corrected chi connectivity index (χ4v) is 7.82. The maximum atomic E-state index is 12.8. The Hall–Kier alpha value is -3.41. The molecule has 0 rings (SSSR count). The van der Waals surface area contributed by atoms with Gasteiger partial charge in [0.25, 0.3) is 0 Å². The van der Waals surface area contributed by atoms with Crippen molar-refractivity contribution in [2.45, 2.75) is 277 Å². The first-order valence-electron chi connectivity index (χ1n) is 28.6. The molecule has 1 atom stereocenters. The molecule has 0 aliphatic carbocycles. The van der Waals surface area contributed by atoms with E-state index in [1.165, 1.54) is 116 Å². The number of hydrogen-bond donors (Lipinski definition) is 0. The van der Waals surface area contributed by atoms with Gasteiger partial charge < -0.3 is 14.2 Å². The molecule has 68 heavy (non-hydrogen) atoms. The second-order valence-electron chi connectivity index (χ2n) is 18.8. The van der Waals surface area contributed by atoms with Gasteiger partial charge in [-0.1, -0.05) is 228 Å². The molecule has 0 aromatic heterocycles. The molecule has 0 amide bonds. The van der Waals surface area contributed by atoms with Gasteiger partial charge in [-0.2, -0.15) is 0 Å². The van der Waals surface area contributed by atoms with Crippen LogP contribution in [-0.4, -0.2) is 37.2 Å². The molecule has 0 saturated carbocycles. The molecule has 0 aromatic carbocycles. The van der Waals surface area contributed by atoms with Crippen molar-refractivity contribution in [3.05, 3.63) is 85.1 Å². The molecule has 1 unspecified atom stereocenters. The lowest BCUT2D eigenvalue weighted by molar-refractivity contribution is -0.167. The Morgan fingerprint density at radius 1 is 0.309 bits per heavy atom. The van der Waals surface area contributed by atoms with Crippen LogP contribution in [-0.2, 0) is 28.6 Å². The summed E-state index contributed by atoms with van der Waals surface area (Å²) in [6, 6.07) is 0. The van der Waals surface area contributed by atoms with Crippen LogP contribution in [0.15, 0.2) is 85.1 Å². The third-order valence-corrected chi connectivity index (χ3v) is 12.1. The number of unbranched alkanes of at least 4 members (excludes halogenated alkanes) is 26. The van der Waals surface area contributed by atoms with Gasteiger partial charge in [0.2, 0.25) is 0 Å². The number of carbonyl (C=O) groups excluding carboxylic acids is 3. The summed E-state index contributed by atoms with van der Waals surface area (Å²) in [7, 11) is 0. The molecular weight excluding hydrogens is 841 g/mol. The zero-order valence-electron chi connectivity index (χ0n) is 44.6. The van der Waals surface area contributed by atoms with Crippen LogP contribution in [0.2, 0.25) is 0 Å². The molecule has 0 spiro atoms. The van der Waals surface area contributed by atoms with E-state index in [-0.39, 0.29) is 31.1 Å². The smallest absolute Gasteiger partial charge is 0.306 e. The van der Waals surface area contributed by atoms with Crippen LogP contribution in [0.5, 0.6) is 0 Å². The average Bonchev–Trinajstić information content (AvgIpc) is 3.34. The van der Waals surface area contributed by atoms with Gasteiger partial charge in [-0.3, -0.25) is 14.4 Å². The normalized spacial score (nSPS) is 12.7. The van der Waals surface area contributed by atoms with Crippen molar-refractivity contribution in [2.75, 3.05) is 13.2 Å². The summed E-state index contributed by atoms with van der Waals surface area (Å²) in [6.45, 7) is 6.44. The van der Waals surface area contributed by atoms with Crippen LogP contribution in [0.25, 0.3) is 0 Å². The van der Waals surface area contributed by atoms with Crippen molar-refractivity contribution >= 4 is 17.9 Å². The Morgan fingerprint density at radius 2 is 0.603 bits per heavy atom. The summed E-state index contributed by atoms with van der Waals surface area (Å²) in [5.41, 5.74) is 0. The van der Waals surface area contributed by atoms with Crippen molar-refractivity contribution in [1.82, 2.24) is 0 Å². The van der Waals surface area contributed by atoms with Crippen LogP contribution in [0.1, 0.15) is 271 Å².